The third kappa shape index (κ3) is 13.0. The summed E-state index contributed by atoms with van der Waals surface area (Å²) in [5.41, 5.74) is 0.928. The van der Waals surface area contributed by atoms with Gasteiger partial charge < -0.3 is 14.1 Å². The van der Waals surface area contributed by atoms with Crippen molar-refractivity contribution in [1.82, 2.24) is 0 Å². The van der Waals surface area contributed by atoms with Gasteiger partial charge in [0.1, 0.15) is 10.1 Å². The Labute approximate surface area is 166 Å². The fourth-order valence-electron chi connectivity index (χ4n) is 2.98. The summed E-state index contributed by atoms with van der Waals surface area (Å²) in [4.78, 5) is -0.178. The molecule has 0 unspecified atom stereocenters. The molecule has 0 atom stereocenters. The molecule has 0 amide bonds. The Bertz CT molecular complexity index is 575. The molecular formula is C21H39NO4S. The second kappa shape index (κ2) is 14.1. The molecule has 5 nitrogen and oxygen atoms in total. The highest BCUT2D eigenvalue weighted by atomic mass is 32.2. The molecule has 0 saturated carbocycles. The van der Waals surface area contributed by atoms with Crippen LogP contribution in [0, 0.1) is 6.92 Å². The van der Waals surface area contributed by atoms with E-state index in [1.165, 1.54) is 68.2 Å². The molecule has 0 spiro atoms. The first kappa shape index (κ1) is 26.1. The SMILES string of the molecule is CCCCC[N+](C)(CCCO)CCCCC.Cc1ccc(S(=O)(=O)[O-])cc1. The zero-order chi connectivity index (χ0) is 20.8. The largest absolute Gasteiger partial charge is 0.744 e. The number of rotatable bonds is 12. The van der Waals surface area contributed by atoms with Gasteiger partial charge in [-0.2, -0.15) is 0 Å². The normalized spacial score (nSPS) is 11.8. The maximum Gasteiger partial charge on any atom is 0.124 e. The molecule has 0 aliphatic rings. The van der Waals surface area contributed by atoms with Gasteiger partial charge in [0.2, 0.25) is 0 Å². The van der Waals surface area contributed by atoms with Crippen molar-refractivity contribution in [2.75, 3.05) is 33.3 Å². The van der Waals surface area contributed by atoms with E-state index in [1.54, 1.807) is 12.1 Å². The van der Waals surface area contributed by atoms with Crippen molar-refractivity contribution >= 4 is 10.1 Å². The van der Waals surface area contributed by atoms with E-state index in [0.29, 0.717) is 6.61 Å². The Morgan fingerprint density at radius 3 is 1.70 bits per heavy atom. The van der Waals surface area contributed by atoms with Crippen molar-refractivity contribution in [3.8, 4) is 0 Å². The summed E-state index contributed by atoms with van der Waals surface area (Å²) in [6.07, 6.45) is 8.93. The predicted molar refractivity (Wildman–Crippen MR) is 111 cm³/mol. The van der Waals surface area contributed by atoms with Crippen LogP contribution < -0.4 is 0 Å². The van der Waals surface area contributed by atoms with Crippen LogP contribution in [-0.4, -0.2) is 55.8 Å². The van der Waals surface area contributed by atoms with E-state index in [9.17, 15) is 13.0 Å². The average Bonchev–Trinajstić information content (AvgIpc) is 2.61. The second-order valence-electron chi connectivity index (χ2n) is 7.55. The lowest BCUT2D eigenvalue weighted by molar-refractivity contribution is -0.910. The van der Waals surface area contributed by atoms with Gasteiger partial charge >= 0.3 is 0 Å². The van der Waals surface area contributed by atoms with Crippen LogP contribution >= 0.6 is 0 Å². The summed E-state index contributed by atoms with van der Waals surface area (Å²) in [6, 6.07) is 5.78. The number of hydrogen-bond acceptors (Lipinski definition) is 4. The molecule has 0 bridgehead atoms. The molecule has 1 rings (SSSR count). The van der Waals surface area contributed by atoms with E-state index in [4.69, 9.17) is 5.11 Å². The molecule has 0 aromatic heterocycles. The van der Waals surface area contributed by atoms with E-state index in [-0.39, 0.29) is 4.90 Å². The standard InChI is InChI=1S/C14H32NO.C7H8O3S/c1-4-6-8-11-15(3,13-10-14-16)12-9-7-5-2;1-6-2-4-7(5-3-6)11(8,9)10/h16H,4-14H2,1-3H3;2-5H,1H3,(H,8,9,10)/q+1;/p-1. The lowest BCUT2D eigenvalue weighted by Gasteiger charge is -2.34. The van der Waals surface area contributed by atoms with Gasteiger partial charge in [0.15, 0.2) is 0 Å². The first-order chi connectivity index (χ1) is 12.7. The quantitative estimate of drug-likeness (QED) is 0.325. The van der Waals surface area contributed by atoms with Crippen molar-refractivity contribution < 1.29 is 22.6 Å². The van der Waals surface area contributed by atoms with Crippen molar-refractivity contribution in [3.63, 3.8) is 0 Å². The highest BCUT2D eigenvalue weighted by molar-refractivity contribution is 7.85. The maximum atomic E-state index is 10.4. The van der Waals surface area contributed by atoms with Gasteiger partial charge in [0, 0.05) is 13.0 Å². The Balaban J connectivity index is 0.000000533. The Morgan fingerprint density at radius 2 is 1.33 bits per heavy atom. The minimum atomic E-state index is -4.27. The van der Waals surface area contributed by atoms with Gasteiger partial charge in [-0.15, -0.1) is 0 Å². The van der Waals surface area contributed by atoms with E-state index < -0.39 is 10.1 Å². The van der Waals surface area contributed by atoms with Crippen LogP contribution in [0.5, 0.6) is 0 Å². The molecule has 1 aromatic carbocycles. The number of aliphatic hydroxyl groups is 1. The summed E-state index contributed by atoms with van der Waals surface area (Å²) >= 11 is 0. The zero-order valence-electron chi connectivity index (χ0n) is 17.6. The molecule has 6 heteroatoms. The number of nitrogens with zero attached hydrogens (tertiary/aromatic N) is 1. The fourth-order valence-corrected chi connectivity index (χ4v) is 3.45. The van der Waals surface area contributed by atoms with Crippen LogP contribution in [0.1, 0.15) is 64.4 Å². The van der Waals surface area contributed by atoms with Crippen LogP contribution in [0.15, 0.2) is 29.2 Å². The molecule has 1 aromatic rings. The second-order valence-corrected chi connectivity index (χ2v) is 8.93. The van der Waals surface area contributed by atoms with Gasteiger partial charge in [-0.3, -0.25) is 0 Å². The summed E-state index contributed by atoms with van der Waals surface area (Å²) in [6.45, 7) is 10.4. The first-order valence-electron chi connectivity index (χ1n) is 10.2. The van der Waals surface area contributed by atoms with Crippen LogP contribution in [0.4, 0.5) is 0 Å². The van der Waals surface area contributed by atoms with E-state index in [0.717, 1.165) is 18.5 Å². The Morgan fingerprint density at radius 1 is 0.889 bits per heavy atom. The summed E-state index contributed by atoms with van der Waals surface area (Å²) in [5, 5.41) is 8.96. The molecule has 0 aliphatic heterocycles. The molecule has 1 N–H and O–H groups in total. The zero-order valence-corrected chi connectivity index (χ0v) is 18.4. The number of unbranched alkanes of at least 4 members (excludes halogenated alkanes) is 4. The molecule has 0 saturated heterocycles. The van der Waals surface area contributed by atoms with Gasteiger partial charge in [-0.05, 0) is 44.7 Å². The summed E-state index contributed by atoms with van der Waals surface area (Å²) in [7, 11) is -1.91. The average molecular weight is 402 g/mol. The lowest BCUT2D eigenvalue weighted by Crippen LogP contribution is -2.46. The number of aryl methyl sites for hydroxylation is 1. The molecule has 0 aliphatic carbocycles. The minimum absolute atomic E-state index is 0.178. The highest BCUT2D eigenvalue weighted by Crippen LogP contribution is 2.11. The van der Waals surface area contributed by atoms with Crippen LogP contribution in [-0.2, 0) is 10.1 Å². The maximum absolute atomic E-state index is 10.4. The lowest BCUT2D eigenvalue weighted by atomic mass is 10.1. The number of aliphatic hydroxyl groups excluding tert-OH is 1. The van der Waals surface area contributed by atoms with E-state index in [2.05, 4.69) is 20.9 Å². The first-order valence-corrected chi connectivity index (χ1v) is 11.6. The monoisotopic (exact) mass is 401 g/mol. The van der Waals surface area contributed by atoms with Gasteiger partial charge in [0.05, 0.1) is 31.6 Å². The van der Waals surface area contributed by atoms with Gasteiger partial charge in [-0.25, -0.2) is 8.42 Å². The molecule has 0 fully saturated rings. The summed E-state index contributed by atoms with van der Waals surface area (Å²) < 4.78 is 32.3. The van der Waals surface area contributed by atoms with E-state index in [1.807, 2.05) is 6.92 Å². The van der Waals surface area contributed by atoms with E-state index >= 15 is 0 Å². The fraction of sp³-hybridized carbons (Fsp3) is 0.714. The van der Waals surface area contributed by atoms with Gasteiger partial charge in [0.25, 0.3) is 0 Å². The third-order valence-electron chi connectivity index (χ3n) is 4.77. The topological polar surface area (TPSA) is 77.4 Å². The molecule has 27 heavy (non-hydrogen) atoms. The highest BCUT2D eigenvalue weighted by Gasteiger charge is 2.19. The molecule has 0 heterocycles. The molecular weight excluding hydrogens is 362 g/mol. The molecule has 158 valence electrons. The Hall–Kier alpha value is -0.950. The van der Waals surface area contributed by atoms with Gasteiger partial charge in [-0.1, -0.05) is 44.4 Å². The van der Waals surface area contributed by atoms with Crippen LogP contribution in [0.25, 0.3) is 0 Å². The van der Waals surface area contributed by atoms with Crippen LogP contribution in [0.3, 0.4) is 0 Å². The van der Waals surface area contributed by atoms with Crippen LogP contribution in [0.2, 0.25) is 0 Å². The predicted octanol–water partition coefficient (Wildman–Crippen LogP) is 4.09. The van der Waals surface area contributed by atoms with Crippen molar-refractivity contribution in [2.45, 2.75) is 70.6 Å². The van der Waals surface area contributed by atoms with Crippen molar-refractivity contribution in [3.05, 3.63) is 29.8 Å². The van der Waals surface area contributed by atoms with Crippen molar-refractivity contribution in [1.29, 1.82) is 0 Å². The van der Waals surface area contributed by atoms with Crippen molar-refractivity contribution in [2.24, 2.45) is 0 Å². The number of quaternary nitrogens is 1. The number of benzene rings is 1. The smallest absolute Gasteiger partial charge is 0.124 e. The summed E-state index contributed by atoms with van der Waals surface area (Å²) in [5.74, 6) is 0. The third-order valence-corrected chi connectivity index (χ3v) is 5.62. The minimum Gasteiger partial charge on any atom is -0.744 e. The molecule has 0 radical (unpaired) electrons. The number of hydrogen-bond donors (Lipinski definition) is 1. The Kier molecular flexibility index (Phi) is 13.6.